The number of furan rings is 1. The molecule has 0 radical (unpaired) electrons. The predicted octanol–water partition coefficient (Wildman–Crippen LogP) is 3.42. The molecule has 1 heterocycles. The maximum Gasteiger partial charge on any atom is 0.153 e. The van der Waals surface area contributed by atoms with Gasteiger partial charge in [-0.3, -0.25) is 0 Å². The Bertz CT molecular complexity index is 502. The lowest BCUT2D eigenvalue weighted by Crippen LogP contribution is -1.97. The number of aryl methyl sites for hydroxylation is 2. The van der Waals surface area contributed by atoms with E-state index in [9.17, 15) is 0 Å². The molecule has 0 saturated heterocycles. The second-order valence-electron chi connectivity index (χ2n) is 3.63. The summed E-state index contributed by atoms with van der Waals surface area (Å²) in [6.07, 6.45) is 0.917. The van der Waals surface area contributed by atoms with E-state index in [2.05, 4.69) is 13.8 Å². The normalized spacial score (nSPS) is 11.2. The molecule has 3 heteroatoms. The maximum atomic E-state index is 6.09. The molecule has 0 amide bonds. The Labute approximate surface area is 94.0 Å². The lowest BCUT2D eigenvalue weighted by atomic mass is 10.0. The molecule has 0 unspecified atom stereocenters. The third-order valence-corrected chi connectivity index (χ3v) is 3.02. The van der Waals surface area contributed by atoms with Crippen LogP contribution in [0.5, 0.6) is 0 Å². The highest BCUT2D eigenvalue weighted by Gasteiger charge is 2.15. The number of benzene rings is 1. The smallest absolute Gasteiger partial charge is 0.153 e. The molecule has 0 bridgehead atoms. The van der Waals surface area contributed by atoms with E-state index in [1.54, 1.807) is 0 Å². The minimum Gasteiger partial charge on any atom is -0.458 e. The molecule has 0 atom stereocenters. The standard InChI is InChI=1S/C12H14ClNO/c1-3-8-10(6-14)15-12-9(13)5-4-7(2)11(8)12/h4-5H,3,6,14H2,1-2H3. The van der Waals surface area contributed by atoms with Gasteiger partial charge in [0.05, 0.1) is 11.6 Å². The third-order valence-electron chi connectivity index (χ3n) is 2.72. The Morgan fingerprint density at radius 1 is 1.40 bits per heavy atom. The number of rotatable bonds is 2. The molecular weight excluding hydrogens is 210 g/mol. The van der Waals surface area contributed by atoms with Crippen molar-refractivity contribution < 1.29 is 4.42 Å². The van der Waals surface area contributed by atoms with Crippen molar-refractivity contribution in [2.24, 2.45) is 5.73 Å². The van der Waals surface area contributed by atoms with Gasteiger partial charge < -0.3 is 10.2 Å². The number of hydrogen-bond donors (Lipinski definition) is 1. The lowest BCUT2D eigenvalue weighted by Gasteiger charge is -1.99. The Balaban J connectivity index is 2.87. The van der Waals surface area contributed by atoms with Gasteiger partial charge >= 0.3 is 0 Å². The van der Waals surface area contributed by atoms with Gasteiger partial charge in [-0.1, -0.05) is 24.6 Å². The summed E-state index contributed by atoms with van der Waals surface area (Å²) in [6, 6.07) is 3.88. The first kappa shape index (κ1) is 10.5. The van der Waals surface area contributed by atoms with E-state index >= 15 is 0 Å². The van der Waals surface area contributed by atoms with Crippen molar-refractivity contribution in [2.45, 2.75) is 26.8 Å². The molecule has 0 aliphatic rings. The molecule has 2 aromatic rings. The van der Waals surface area contributed by atoms with Crippen LogP contribution in [0.3, 0.4) is 0 Å². The summed E-state index contributed by atoms with van der Waals surface area (Å²) in [4.78, 5) is 0. The summed E-state index contributed by atoms with van der Waals surface area (Å²) >= 11 is 6.09. The van der Waals surface area contributed by atoms with Gasteiger partial charge in [-0.25, -0.2) is 0 Å². The van der Waals surface area contributed by atoms with E-state index in [1.807, 2.05) is 12.1 Å². The van der Waals surface area contributed by atoms with Crippen LogP contribution >= 0.6 is 11.6 Å². The van der Waals surface area contributed by atoms with Crippen LogP contribution in [0.25, 0.3) is 11.0 Å². The van der Waals surface area contributed by atoms with Gasteiger partial charge in [0.15, 0.2) is 5.58 Å². The van der Waals surface area contributed by atoms with Crippen LogP contribution in [-0.2, 0) is 13.0 Å². The lowest BCUT2D eigenvalue weighted by molar-refractivity contribution is 0.546. The van der Waals surface area contributed by atoms with Crippen molar-refractivity contribution >= 4 is 22.6 Å². The van der Waals surface area contributed by atoms with Gasteiger partial charge in [-0.15, -0.1) is 0 Å². The molecule has 1 aromatic carbocycles. The van der Waals surface area contributed by atoms with E-state index in [-0.39, 0.29) is 0 Å². The molecule has 15 heavy (non-hydrogen) atoms. The summed E-state index contributed by atoms with van der Waals surface area (Å²) in [5.41, 5.74) is 8.80. The van der Waals surface area contributed by atoms with Crippen molar-refractivity contribution in [1.29, 1.82) is 0 Å². The summed E-state index contributed by atoms with van der Waals surface area (Å²) in [5.74, 6) is 0.851. The van der Waals surface area contributed by atoms with Crippen LogP contribution < -0.4 is 5.73 Å². The average molecular weight is 224 g/mol. The molecule has 1 aromatic heterocycles. The van der Waals surface area contributed by atoms with E-state index in [4.69, 9.17) is 21.8 Å². The fourth-order valence-electron chi connectivity index (χ4n) is 1.99. The zero-order chi connectivity index (χ0) is 11.0. The van der Waals surface area contributed by atoms with Gasteiger partial charge in [0, 0.05) is 10.9 Å². The molecule has 0 saturated carbocycles. The Hall–Kier alpha value is -0.990. The molecule has 2 rings (SSSR count). The van der Waals surface area contributed by atoms with E-state index in [0.717, 1.165) is 23.2 Å². The van der Waals surface area contributed by atoms with E-state index < -0.39 is 0 Å². The third kappa shape index (κ3) is 1.54. The Morgan fingerprint density at radius 2 is 2.13 bits per heavy atom. The minimum atomic E-state index is 0.424. The Morgan fingerprint density at radius 3 is 2.73 bits per heavy atom. The van der Waals surface area contributed by atoms with Gasteiger partial charge in [-0.05, 0) is 25.0 Å². The van der Waals surface area contributed by atoms with E-state index in [1.165, 1.54) is 11.1 Å². The van der Waals surface area contributed by atoms with Gasteiger partial charge in [0.1, 0.15) is 5.76 Å². The van der Waals surface area contributed by atoms with Crippen molar-refractivity contribution in [3.05, 3.63) is 34.0 Å². The molecule has 0 aliphatic carbocycles. The predicted molar refractivity (Wildman–Crippen MR) is 63.2 cm³/mol. The van der Waals surface area contributed by atoms with Crippen molar-refractivity contribution in [2.75, 3.05) is 0 Å². The van der Waals surface area contributed by atoms with Crippen LogP contribution in [0.15, 0.2) is 16.5 Å². The number of fused-ring (bicyclic) bond motifs is 1. The van der Waals surface area contributed by atoms with Crippen LogP contribution in [-0.4, -0.2) is 0 Å². The molecule has 0 spiro atoms. The van der Waals surface area contributed by atoms with Crippen molar-refractivity contribution in [3.63, 3.8) is 0 Å². The van der Waals surface area contributed by atoms with Gasteiger partial charge in [-0.2, -0.15) is 0 Å². The molecular formula is C12H14ClNO. The molecule has 2 nitrogen and oxygen atoms in total. The highest BCUT2D eigenvalue weighted by Crippen LogP contribution is 2.33. The zero-order valence-corrected chi connectivity index (χ0v) is 9.69. The zero-order valence-electron chi connectivity index (χ0n) is 8.93. The van der Waals surface area contributed by atoms with Crippen LogP contribution in [0.4, 0.5) is 0 Å². The summed E-state index contributed by atoms with van der Waals surface area (Å²) < 4.78 is 5.69. The van der Waals surface area contributed by atoms with Crippen LogP contribution in [0, 0.1) is 6.92 Å². The average Bonchev–Trinajstić information content (AvgIpc) is 2.63. The summed E-state index contributed by atoms with van der Waals surface area (Å²) in [5, 5.41) is 1.79. The fraction of sp³-hybridized carbons (Fsp3) is 0.333. The summed E-state index contributed by atoms with van der Waals surface area (Å²) in [6.45, 7) is 4.59. The molecule has 0 aliphatic heterocycles. The quantitative estimate of drug-likeness (QED) is 0.848. The number of halogens is 1. The largest absolute Gasteiger partial charge is 0.458 e. The number of hydrogen-bond acceptors (Lipinski definition) is 2. The highest BCUT2D eigenvalue weighted by atomic mass is 35.5. The first-order chi connectivity index (χ1) is 7.19. The first-order valence-electron chi connectivity index (χ1n) is 5.08. The second kappa shape index (κ2) is 3.87. The number of nitrogens with two attached hydrogens (primary N) is 1. The van der Waals surface area contributed by atoms with Crippen molar-refractivity contribution in [1.82, 2.24) is 0 Å². The maximum absolute atomic E-state index is 6.09. The topological polar surface area (TPSA) is 39.2 Å². The van der Waals surface area contributed by atoms with Gasteiger partial charge in [0.25, 0.3) is 0 Å². The molecule has 80 valence electrons. The van der Waals surface area contributed by atoms with Crippen LogP contribution in [0.2, 0.25) is 5.02 Å². The minimum absolute atomic E-state index is 0.424. The van der Waals surface area contributed by atoms with Crippen molar-refractivity contribution in [3.8, 4) is 0 Å². The SMILES string of the molecule is CCc1c(CN)oc2c(Cl)ccc(C)c12. The Kier molecular flexibility index (Phi) is 2.72. The highest BCUT2D eigenvalue weighted by molar-refractivity contribution is 6.35. The van der Waals surface area contributed by atoms with Crippen LogP contribution in [0.1, 0.15) is 23.8 Å². The van der Waals surface area contributed by atoms with Gasteiger partial charge in [0.2, 0.25) is 0 Å². The second-order valence-corrected chi connectivity index (χ2v) is 4.04. The molecule has 0 fully saturated rings. The molecule has 2 N–H and O–H groups in total. The first-order valence-corrected chi connectivity index (χ1v) is 5.46. The summed E-state index contributed by atoms with van der Waals surface area (Å²) in [7, 11) is 0. The van der Waals surface area contributed by atoms with E-state index in [0.29, 0.717) is 11.6 Å². The monoisotopic (exact) mass is 223 g/mol. The fourth-order valence-corrected chi connectivity index (χ4v) is 2.19.